The summed E-state index contributed by atoms with van der Waals surface area (Å²) in [5.41, 5.74) is 0.766. The summed E-state index contributed by atoms with van der Waals surface area (Å²) in [5, 5.41) is 0. The number of fused-ring (bicyclic) bond motifs is 1. The molecular formula is C9H6FNO. The van der Waals surface area contributed by atoms with Crippen LogP contribution in [0.2, 0.25) is 0 Å². The van der Waals surface area contributed by atoms with Crippen LogP contribution in [0.25, 0.3) is 5.52 Å². The largest absolute Gasteiger partial charge is 0.312 e. The number of hydrogen-bond donors (Lipinski definition) is 0. The van der Waals surface area contributed by atoms with Gasteiger partial charge in [0.1, 0.15) is 5.69 Å². The van der Waals surface area contributed by atoms with Crippen molar-refractivity contribution in [3.8, 4) is 0 Å². The lowest BCUT2D eigenvalue weighted by Crippen LogP contribution is -1.90. The van der Waals surface area contributed by atoms with E-state index >= 15 is 0 Å². The van der Waals surface area contributed by atoms with Gasteiger partial charge in [-0.3, -0.25) is 4.79 Å². The fraction of sp³-hybridized carbons (Fsp3) is 0. The minimum Gasteiger partial charge on any atom is -0.312 e. The third kappa shape index (κ3) is 0.830. The van der Waals surface area contributed by atoms with Crippen LogP contribution in [-0.2, 0) is 0 Å². The van der Waals surface area contributed by atoms with Crippen LogP contribution in [0.3, 0.4) is 0 Å². The number of carbonyl (C=O) groups is 1. The van der Waals surface area contributed by atoms with E-state index in [9.17, 15) is 9.18 Å². The van der Waals surface area contributed by atoms with Crippen LogP contribution in [0.1, 0.15) is 10.5 Å². The number of aldehydes is 1. The Balaban J connectivity index is 2.90. The molecule has 0 fully saturated rings. The van der Waals surface area contributed by atoms with E-state index in [1.165, 1.54) is 10.5 Å². The van der Waals surface area contributed by atoms with Crippen molar-refractivity contribution < 1.29 is 9.18 Å². The average Bonchev–Trinajstić information content (AvgIpc) is 2.40. The van der Waals surface area contributed by atoms with Gasteiger partial charge in [0, 0.05) is 17.8 Å². The van der Waals surface area contributed by atoms with Crippen LogP contribution in [0.15, 0.2) is 30.5 Å². The second kappa shape index (κ2) is 2.44. The van der Waals surface area contributed by atoms with Crippen molar-refractivity contribution in [2.45, 2.75) is 0 Å². The maximum atomic E-state index is 13.0. The summed E-state index contributed by atoms with van der Waals surface area (Å²) >= 11 is 0. The molecule has 3 heteroatoms. The van der Waals surface area contributed by atoms with Gasteiger partial charge < -0.3 is 4.40 Å². The smallest absolute Gasteiger partial charge is 0.169 e. The van der Waals surface area contributed by atoms with Gasteiger partial charge in [-0.05, 0) is 12.1 Å². The zero-order chi connectivity index (χ0) is 8.55. The number of nitrogens with zero attached hydrogens (tertiary/aromatic N) is 1. The van der Waals surface area contributed by atoms with Gasteiger partial charge in [-0.15, -0.1) is 0 Å². The molecule has 0 bridgehead atoms. The number of hydrogen-bond acceptors (Lipinski definition) is 1. The van der Waals surface area contributed by atoms with Gasteiger partial charge in [-0.2, -0.15) is 0 Å². The second-order valence-electron chi connectivity index (χ2n) is 2.49. The first kappa shape index (κ1) is 7.03. The molecule has 60 valence electrons. The number of pyridine rings is 1. The third-order valence-corrected chi connectivity index (χ3v) is 1.78. The highest BCUT2D eigenvalue weighted by atomic mass is 19.1. The zero-order valence-corrected chi connectivity index (χ0v) is 6.20. The van der Waals surface area contributed by atoms with E-state index in [0.29, 0.717) is 11.8 Å². The van der Waals surface area contributed by atoms with Crippen LogP contribution in [0.5, 0.6) is 0 Å². The highest BCUT2D eigenvalue weighted by molar-refractivity contribution is 5.76. The molecule has 0 spiro atoms. The van der Waals surface area contributed by atoms with Gasteiger partial charge in [-0.1, -0.05) is 6.07 Å². The molecule has 0 aliphatic heterocycles. The van der Waals surface area contributed by atoms with Crippen LogP contribution in [0, 0.1) is 5.82 Å². The monoisotopic (exact) mass is 163 g/mol. The Morgan fingerprint density at radius 2 is 2.25 bits per heavy atom. The molecule has 0 saturated carbocycles. The predicted octanol–water partition coefficient (Wildman–Crippen LogP) is 1.89. The molecule has 0 aliphatic rings. The van der Waals surface area contributed by atoms with Crippen molar-refractivity contribution in [2.24, 2.45) is 0 Å². The molecule has 0 atom stereocenters. The van der Waals surface area contributed by atoms with Crippen LogP contribution in [0.4, 0.5) is 4.39 Å². The maximum absolute atomic E-state index is 13.0. The Bertz CT molecular complexity index is 433. The lowest BCUT2D eigenvalue weighted by atomic mass is 10.4. The van der Waals surface area contributed by atoms with Gasteiger partial charge in [0.05, 0.1) is 0 Å². The van der Waals surface area contributed by atoms with E-state index in [0.717, 1.165) is 0 Å². The molecule has 2 nitrogen and oxygen atoms in total. The van der Waals surface area contributed by atoms with Gasteiger partial charge in [0.25, 0.3) is 0 Å². The molecule has 0 N–H and O–H groups in total. The molecule has 12 heavy (non-hydrogen) atoms. The third-order valence-electron chi connectivity index (χ3n) is 1.78. The Kier molecular flexibility index (Phi) is 1.43. The molecule has 2 aromatic heterocycles. The Morgan fingerprint density at radius 1 is 1.42 bits per heavy atom. The SMILES string of the molecule is O=Cc1c(F)cc2ccccn12. The van der Waals surface area contributed by atoms with Crippen molar-refractivity contribution in [3.05, 3.63) is 42.0 Å². The van der Waals surface area contributed by atoms with Crippen molar-refractivity contribution in [1.82, 2.24) is 4.40 Å². The minimum atomic E-state index is -0.476. The van der Waals surface area contributed by atoms with Crippen LogP contribution in [-0.4, -0.2) is 10.7 Å². The summed E-state index contributed by atoms with van der Waals surface area (Å²) in [6, 6.07) is 6.63. The van der Waals surface area contributed by atoms with E-state index in [1.54, 1.807) is 24.4 Å². The van der Waals surface area contributed by atoms with Crippen molar-refractivity contribution >= 4 is 11.8 Å². The summed E-state index contributed by atoms with van der Waals surface area (Å²) in [7, 11) is 0. The quantitative estimate of drug-likeness (QED) is 0.588. The highest BCUT2D eigenvalue weighted by Crippen LogP contribution is 2.12. The lowest BCUT2D eigenvalue weighted by Gasteiger charge is -1.93. The first-order valence-electron chi connectivity index (χ1n) is 3.53. The number of carbonyl (C=O) groups excluding carboxylic acids is 1. The van der Waals surface area contributed by atoms with Gasteiger partial charge in [0.15, 0.2) is 12.1 Å². The summed E-state index contributed by atoms with van der Waals surface area (Å²) < 4.78 is 14.5. The van der Waals surface area contributed by atoms with Crippen molar-refractivity contribution in [1.29, 1.82) is 0 Å². The van der Waals surface area contributed by atoms with E-state index < -0.39 is 5.82 Å². The van der Waals surface area contributed by atoms with E-state index in [-0.39, 0.29) is 5.69 Å². The summed E-state index contributed by atoms with van der Waals surface area (Å²) in [4.78, 5) is 10.4. The Labute approximate surface area is 68.2 Å². The van der Waals surface area contributed by atoms with E-state index in [4.69, 9.17) is 0 Å². The average molecular weight is 163 g/mol. The van der Waals surface area contributed by atoms with Gasteiger partial charge >= 0.3 is 0 Å². The highest BCUT2D eigenvalue weighted by Gasteiger charge is 2.06. The molecule has 2 heterocycles. The van der Waals surface area contributed by atoms with E-state index in [1.807, 2.05) is 0 Å². The Hall–Kier alpha value is -1.64. The number of aromatic nitrogens is 1. The Morgan fingerprint density at radius 3 is 3.00 bits per heavy atom. The van der Waals surface area contributed by atoms with Crippen molar-refractivity contribution in [2.75, 3.05) is 0 Å². The second-order valence-corrected chi connectivity index (χ2v) is 2.49. The lowest BCUT2D eigenvalue weighted by molar-refractivity contribution is 0.111. The van der Waals surface area contributed by atoms with Gasteiger partial charge in [0.2, 0.25) is 0 Å². The first-order chi connectivity index (χ1) is 5.83. The molecule has 2 rings (SSSR count). The fourth-order valence-electron chi connectivity index (χ4n) is 1.23. The summed E-state index contributed by atoms with van der Waals surface area (Å²) in [6.45, 7) is 0. The minimum absolute atomic E-state index is 0.0746. The van der Waals surface area contributed by atoms with E-state index in [2.05, 4.69) is 0 Å². The molecule has 0 unspecified atom stereocenters. The molecule has 2 aromatic rings. The summed E-state index contributed by atoms with van der Waals surface area (Å²) in [6.07, 6.45) is 2.17. The standard InChI is InChI=1S/C9H6FNO/c10-8-5-7-3-1-2-4-11(7)9(8)6-12/h1-6H. The fourth-order valence-corrected chi connectivity index (χ4v) is 1.23. The molecule has 0 saturated heterocycles. The predicted molar refractivity (Wildman–Crippen MR) is 42.7 cm³/mol. The summed E-state index contributed by atoms with van der Waals surface area (Å²) in [5.74, 6) is -0.476. The molecule has 0 amide bonds. The van der Waals surface area contributed by atoms with Crippen LogP contribution >= 0.6 is 0 Å². The molecular weight excluding hydrogens is 157 g/mol. The molecule has 0 aliphatic carbocycles. The van der Waals surface area contributed by atoms with Crippen LogP contribution < -0.4 is 0 Å². The molecule has 0 radical (unpaired) electrons. The topological polar surface area (TPSA) is 21.5 Å². The number of rotatable bonds is 1. The molecule has 0 aromatic carbocycles. The normalized spacial score (nSPS) is 10.4. The van der Waals surface area contributed by atoms with Gasteiger partial charge in [-0.25, -0.2) is 4.39 Å². The van der Waals surface area contributed by atoms with Crippen molar-refractivity contribution in [3.63, 3.8) is 0 Å². The first-order valence-corrected chi connectivity index (χ1v) is 3.53. The number of halogens is 1. The zero-order valence-electron chi connectivity index (χ0n) is 6.20. The maximum Gasteiger partial charge on any atom is 0.169 e.